The van der Waals surface area contributed by atoms with Crippen LogP contribution >= 0.6 is 47.8 Å². The van der Waals surface area contributed by atoms with Gasteiger partial charge >= 0.3 is 0 Å². The standard InChI is InChI=1S/C25H16Br3NO2/c1-13-10-11-14(12-19(13)26)29-22(30)20-21(23(29)31)25(28)16-7-3-2-6-15(16)24(20,27)17-8-4-5-9-18(17)25/h2-12,20-21H,1H3/t20-,21+,24?,25?. The molecule has 2 bridgehead atoms. The molecule has 1 fully saturated rings. The van der Waals surface area contributed by atoms with Crippen LogP contribution in [0.15, 0.2) is 71.2 Å². The third kappa shape index (κ3) is 2.24. The van der Waals surface area contributed by atoms with E-state index in [-0.39, 0.29) is 11.8 Å². The van der Waals surface area contributed by atoms with Gasteiger partial charge in [0.2, 0.25) is 11.8 Å². The average molecular weight is 602 g/mol. The van der Waals surface area contributed by atoms with Crippen molar-refractivity contribution in [3.8, 4) is 0 Å². The smallest absolute Gasteiger partial charge is 0.239 e. The Bertz CT molecular complexity index is 1200. The average Bonchev–Trinajstić information content (AvgIpc) is 3.05. The molecule has 3 nitrogen and oxygen atoms in total. The number of carbonyl (C=O) groups is 2. The largest absolute Gasteiger partial charge is 0.274 e. The van der Waals surface area contributed by atoms with E-state index in [1.807, 2.05) is 49.4 Å². The van der Waals surface area contributed by atoms with E-state index in [0.717, 1.165) is 32.3 Å². The first-order valence-corrected chi connectivity index (χ1v) is 12.4. The second-order valence-electron chi connectivity index (χ2n) is 8.42. The number of benzene rings is 3. The van der Waals surface area contributed by atoms with Gasteiger partial charge in [0.05, 0.1) is 26.2 Å². The lowest BCUT2D eigenvalue weighted by atomic mass is 9.54. The molecule has 2 amide bonds. The lowest BCUT2D eigenvalue weighted by molar-refractivity contribution is -0.122. The third-order valence-corrected chi connectivity index (χ3v) is 10.5. The minimum Gasteiger partial charge on any atom is -0.274 e. The summed E-state index contributed by atoms with van der Waals surface area (Å²) in [6.07, 6.45) is 0. The summed E-state index contributed by atoms with van der Waals surface area (Å²) in [6, 6.07) is 21.9. The number of amides is 2. The van der Waals surface area contributed by atoms with Gasteiger partial charge < -0.3 is 0 Å². The van der Waals surface area contributed by atoms with Crippen LogP contribution in [0, 0.1) is 18.8 Å². The molecule has 3 aromatic carbocycles. The maximum absolute atomic E-state index is 13.9. The van der Waals surface area contributed by atoms with Crippen molar-refractivity contribution in [2.75, 3.05) is 4.90 Å². The quantitative estimate of drug-likeness (QED) is 0.247. The second kappa shape index (κ2) is 6.40. The molecule has 1 aliphatic heterocycles. The fourth-order valence-electron chi connectivity index (χ4n) is 5.64. The van der Waals surface area contributed by atoms with Crippen LogP contribution in [-0.2, 0) is 18.2 Å². The highest BCUT2D eigenvalue weighted by Crippen LogP contribution is 2.70. The van der Waals surface area contributed by atoms with Crippen molar-refractivity contribution in [2.24, 2.45) is 11.8 Å². The number of hydrogen-bond acceptors (Lipinski definition) is 2. The van der Waals surface area contributed by atoms with Crippen molar-refractivity contribution in [1.82, 2.24) is 0 Å². The molecule has 154 valence electrons. The Kier molecular flexibility index (Phi) is 4.10. The van der Waals surface area contributed by atoms with Gasteiger partial charge in [-0.3, -0.25) is 9.59 Å². The van der Waals surface area contributed by atoms with E-state index in [1.165, 1.54) is 4.90 Å². The van der Waals surface area contributed by atoms with Gasteiger partial charge in [0.1, 0.15) is 0 Å². The molecule has 0 unspecified atom stereocenters. The zero-order valence-corrected chi connectivity index (χ0v) is 21.2. The topological polar surface area (TPSA) is 37.4 Å². The molecule has 4 aliphatic rings. The van der Waals surface area contributed by atoms with E-state index in [2.05, 4.69) is 72.1 Å². The van der Waals surface area contributed by atoms with Crippen molar-refractivity contribution in [2.45, 2.75) is 15.6 Å². The van der Waals surface area contributed by atoms with Gasteiger partial charge in [-0.1, -0.05) is 102 Å². The van der Waals surface area contributed by atoms with Gasteiger partial charge in [0.25, 0.3) is 0 Å². The van der Waals surface area contributed by atoms with Crippen LogP contribution in [0.3, 0.4) is 0 Å². The molecule has 31 heavy (non-hydrogen) atoms. The summed E-state index contributed by atoms with van der Waals surface area (Å²) in [5.74, 6) is -1.44. The summed E-state index contributed by atoms with van der Waals surface area (Å²) in [5, 5.41) is 0. The number of halogens is 3. The first-order chi connectivity index (χ1) is 14.8. The van der Waals surface area contributed by atoms with Crippen molar-refractivity contribution < 1.29 is 9.59 Å². The van der Waals surface area contributed by atoms with Crippen LogP contribution in [0.1, 0.15) is 27.8 Å². The minimum absolute atomic E-state index is 0.171. The van der Waals surface area contributed by atoms with Gasteiger partial charge in [0.15, 0.2) is 0 Å². The minimum atomic E-state index is -0.760. The maximum Gasteiger partial charge on any atom is 0.239 e. The highest BCUT2D eigenvalue weighted by molar-refractivity contribution is 9.10. The predicted molar refractivity (Wildman–Crippen MR) is 131 cm³/mol. The van der Waals surface area contributed by atoms with E-state index in [0.29, 0.717) is 5.69 Å². The van der Waals surface area contributed by atoms with E-state index < -0.39 is 20.5 Å². The van der Waals surface area contributed by atoms with Gasteiger partial charge in [-0.15, -0.1) is 0 Å². The van der Waals surface area contributed by atoms with Gasteiger partial charge in [-0.05, 0) is 46.9 Å². The van der Waals surface area contributed by atoms with E-state index in [4.69, 9.17) is 0 Å². The first kappa shape index (κ1) is 19.9. The molecule has 1 heterocycles. The Labute approximate surface area is 205 Å². The van der Waals surface area contributed by atoms with Gasteiger partial charge in [0, 0.05) is 4.47 Å². The van der Waals surface area contributed by atoms with Gasteiger partial charge in [-0.2, -0.15) is 0 Å². The van der Waals surface area contributed by atoms with Crippen molar-refractivity contribution in [1.29, 1.82) is 0 Å². The SMILES string of the molecule is Cc1ccc(N2C(=O)[C@@H]3[C@H](C2=O)C2(Br)c4ccccc4C3(Br)c3ccccc32)cc1Br. The fourth-order valence-corrected chi connectivity index (χ4v) is 8.31. The number of carbonyl (C=O) groups excluding carboxylic acids is 2. The fraction of sp³-hybridized carbons (Fsp3) is 0.200. The molecular weight excluding hydrogens is 586 g/mol. The summed E-state index contributed by atoms with van der Waals surface area (Å²) in [4.78, 5) is 29.3. The first-order valence-electron chi connectivity index (χ1n) is 10.0. The van der Waals surface area contributed by atoms with Crippen LogP contribution in [-0.4, -0.2) is 11.8 Å². The predicted octanol–water partition coefficient (Wildman–Crippen LogP) is 6.17. The normalized spacial score (nSPS) is 30.3. The van der Waals surface area contributed by atoms with Crippen molar-refractivity contribution >= 4 is 65.3 Å². The molecule has 3 aromatic rings. The molecular formula is C25H16Br3NO2. The zero-order valence-electron chi connectivity index (χ0n) is 16.4. The molecule has 0 N–H and O–H groups in total. The highest BCUT2D eigenvalue weighted by Gasteiger charge is 2.72. The Morgan fingerprint density at radius 1 is 0.742 bits per heavy atom. The zero-order chi connectivity index (χ0) is 21.7. The Morgan fingerprint density at radius 2 is 1.16 bits per heavy atom. The summed E-state index contributed by atoms with van der Waals surface area (Å²) in [5.41, 5.74) is 5.82. The molecule has 2 atom stereocenters. The molecule has 1 saturated heterocycles. The van der Waals surface area contributed by atoms with E-state index in [1.54, 1.807) is 0 Å². The Morgan fingerprint density at radius 3 is 1.55 bits per heavy atom. The molecule has 0 aromatic heterocycles. The molecule has 0 saturated carbocycles. The monoisotopic (exact) mass is 599 g/mol. The lowest BCUT2D eigenvalue weighted by Crippen LogP contribution is -2.56. The number of rotatable bonds is 1. The Hall–Kier alpha value is -1.76. The van der Waals surface area contributed by atoms with Crippen molar-refractivity contribution in [3.05, 3.63) is 99.0 Å². The number of aryl methyl sites for hydroxylation is 1. The number of anilines is 1. The van der Waals surface area contributed by atoms with Gasteiger partial charge in [-0.25, -0.2) is 4.90 Å². The number of alkyl halides is 2. The number of imide groups is 1. The number of hydrogen-bond donors (Lipinski definition) is 0. The molecule has 3 aliphatic carbocycles. The lowest BCUT2D eigenvalue weighted by Gasteiger charge is -2.55. The second-order valence-corrected chi connectivity index (χ2v) is 11.8. The molecule has 6 heteroatoms. The van der Waals surface area contributed by atoms with Crippen LogP contribution in [0.2, 0.25) is 0 Å². The van der Waals surface area contributed by atoms with Crippen LogP contribution in [0.4, 0.5) is 5.69 Å². The Balaban J connectivity index is 1.65. The number of nitrogens with zero attached hydrogens (tertiary/aromatic N) is 1. The van der Waals surface area contributed by atoms with E-state index >= 15 is 0 Å². The van der Waals surface area contributed by atoms with Crippen LogP contribution in [0.25, 0.3) is 0 Å². The maximum atomic E-state index is 13.9. The van der Waals surface area contributed by atoms with Crippen LogP contribution < -0.4 is 4.90 Å². The summed E-state index contributed by atoms with van der Waals surface area (Å²) >= 11 is 11.6. The third-order valence-electron chi connectivity index (χ3n) is 7.00. The summed E-state index contributed by atoms with van der Waals surface area (Å²) < 4.78 is -0.648. The highest BCUT2D eigenvalue weighted by atomic mass is 79.9. The molecule has 0 radical (unpaired) electrons. The summed E-state index contributed by atoms with van der Waals surface area (Å²) in [6.45, 7) is 1.98. The molecule has 7 rings (SSSR count). The van der Waals surface area contributed by atoms with Crippen molar-refractivity contribution in [3.63, 3.8) is 0 Å². The van der Waals surface area contributed by atoms with E-state index in [9.17, 15) is 9.59 Å². The van der Waals surface area contributed by atoms with Crippen LogP contribution in [0.5, 0.6) is 0 Å². The molecule has 0 spiro atoms. The summed E-state index contributed by atoms with van der Waals surface area (Å²) in [7, 11) is 0.